The van der Waals surface area contributed by atoms with Crippen molar-refractivity contribution in [2.45, 2.75) is 26.7 Å². The van der Waals surface area contributed by atoms with Gasteiger partial charge >= 0.3 is 0 Å². The Hall–Kier alpha value is -5.06. The fourth-order valence-corrected chi connectivity index (χ4v) is 5.52. The van der Waals surface area contributed by atoms with Crippen LogP contribution in [0, 0.1) is 25.5 Å². The minimum absolute atomic E-state index is 0.218. The Morgan fingerprint density at radius 1 is 0.826 bits per heavy atom. The van der Waals surface area contributed by atoms with Gasteiger partial charge in [0, 0.05) is 42.5 Å². The van der Waals surface area contributed by atoms with Crippen molar-refractivity contribution in [3.05, 3.63) is 113 Å². The number of rotatable bonds is 5. The van der Waals surface area contributed by atoms with Crippen LogP contribution in [0.15, 0.2) is 79.5 Å². The van der Waals surface area contributed by atoms with Gasteiger partial charge in [-0.05, 0) is 78.8 Å². The zero-order chi connectivity index (χ0) is 32.0. The van der Waals surface area contributed by atoms with E-state index in [0.29, 0.717) is 53.8 Å². The summed E-state index contributed by atoms with van der Waals surface area (Å²) in [5, 5.41) is 3.55. The lowest BCUT2D eigenvalue weighted by Gasteiger charge is -2.18. The summed E-state index contributed by atoms with van der Waals surface area (Å²) in [6.45, 7) is 6.55. The number of hydrogen-bond donors (Lipinski definition) is 2. The van der Waals surface area contributed by atoms with Gasteiger partial charge in [-0.1, -0.05) is 12.2 Å². The third-order valence-corrected chi connectivity index (χ3v) is 7.84. The van der Waals surface area contributed by atoms with Crippen molar-refractivity contribution in [1.29, 1.82) is 0 Å². The van der Waals surface area contributed by atoms with Gasteiger partial charge in [0.1, 0.15) is 11.6 Å². The Morgan fingerprint density at radius 2 is 1.52 bits per heavy atom. The first-order valence-electron chi connectivity index (χ1n) is 15.0. The number of nitrogens with zero attached hydrogens (tertiary/aromatic N) is 4. The Labute approximate surface area is 266 Å². The Balaban J connectivity index is 0.000000238. The second kappa shape index (κ2) is 13.9. The zero-order valence-corrected chi connectivity index (χ0v) is 25.7. The van der Waals surface area contributed by atoms with Gasteiger partial charge in [0.15, 0.2) is 0 Å². The van der Waals surface area contributed by atoms with E-state index in [9.17, 15) is 8.78 Å². The van der Waals surface area contributed by atoms with E-state index in [2.05, 4.69) is 31.3 Å². The van der Waals surface area contributed by atoms with Crippen LogP contribution >= 0.6 is 0 Å². The van der Waals surface area contributed by atoms with Gasteiger partial charge in [-0.3, -0.25) is 15.0 Å². The quantitative estimate of drug-likeness (QED) is 0.207. The first-order valence-corrected chi connectivity index (χ1v) is 15.0. The van der Waals surface area contributed by atoms with Gasteiger partial charge in [-0.25, -0.2) is 13.8 Å². The summed E-state index contributed by atoms with van der Waals surface area (Å²) in [7, 11) is 0. The molecule has 5 aromatic rings. The highest BCUT2D eigenvalue weighted by Gasteiger charge is 2.19. The predicted molar refractivity (Wildman–Crippen MR) is 177 cm³/mol. The monoisotopic (exact) mass is 620 g/mol. The van der Waals surface area contributed by atoms with Crippen molar-refractivity contribution >= 4 is 39.1 Å². The molecule has 0 spiro atoms. The fourth-order valence-electron chi connectivity index (χ4n) is 5.52. The van der Waals surface area contributed by atoms with E-state index in [-0.39, 0.29) is 10.9 Å². The predicted octanol–water partition coefficient (Wildman–Crippen LogP) is 7.60. The summed E-state index contributed by atoms with van der Waals surface area (Å²) >= 11 is 0. The molecule has 0 atom stereocenters. The summed E-state index contributed by atoms with van der Waals surface area (Å²) in [5.41, 5.74) is 15.2. The average Bonchev–Trinajstić information content (AvgIpc) is 3.07. The van der Waals surface area contributed by atoms with E-state index < -0.39 is 11.6 Å². The van der Waals surface area contributed by atoms with Crippen LogP contribution in [-0.4, -0.2) is 46.4 Å². The first kappa shape index (κ1) is 30.9. The van der Waals surface area contributed by atoms with Crippen LogP contribution in [0.4, 0.5) is 25.8 Å². The molecule has 0 radical (unpaired) electrons. The molecule has 2 aliphatic heterocycles. The summed E-state index contributed by atoms with van der Waals surface area (Å²) in [5.74, 6) is -1.36. The van der Waals surface area contributed by atoms with Crippen LogP contribution in [0.2, 0.25) is 0 Å². The number of aromatic nitrogens is 4. The molecule has 234 valence electrons. The molecule has 4 aromatic heterocycles. The maximum absolute atomic E-state index is 15.0. The van der Waals surface area contributed by atoms with E-state index in [1.54, 1.807) is 24.8 Å². The second-order valence-corrected chi connectivity index (χ2v) is 11.2. The van der Waals surface area contributed by atoms with E-state index >= 15 is 0 Å². The molecule has 10 heteroatoms. The van der Waals surface area contributed by atoms with Gasteiger partial charge in [0.2, 0.25) is 0 Å². The van der Waals surface area contributed by atoms with E-state index in [1.807, 2.05) is 50.4 Å². The van der Waals surface area contributed by atoms with E-state index in [0.717, 1.165) is 47.8 Å². The molecule has 0 saturated heterocycles. The highest BCUT2D eigenvalue weighted by molar-refractivity contribution is 5.98. The minimum atomic E-state index is -0.680. The van der Waals surface area contributed by atoms with Gasteiger partial charge in [0.05, 0.1) is 72.0 Å². The molecule has 46 heavy (non-hydrogen) atoms. The van der Waals surface area contributed by atoms with Crippen molar-refractivity contribution in [2.75, 3.05) is 37.5 Å². The molecule has 6 heterocycles. The number of nitrogens with one attached hydrogen (secondary N) is 1. The highest BCUT2D eigenvalue weighted by atomic mass is 19.1. The van der Waals surface area contributed by atoms with Crippen molar-refractivity contribution < 1.29 is 18.3 Å². The normalized spacial score (nSPS) is 14.6. The van der Waals surface area contributed by atoms with Crippen LogP contribution < -0.4 is 11.1 Å². The Morgan fingerprint density at radius 3 is 2.17 bits per heavy atom. The third kappa shape index (κ3) is 7.09. The van der Waals surface area contributed by atoms with Crippen LogP contribution in [0.3, 0.4) is 0 Å². The maximum Gasteiger partial charge on any atom is 0.137 e. The fraction of sp³-hybridized carbons (Fsp3) is 0.222. The molecule has 7 rings (SSSR count). The lowest BCUT2D eigenvalue weighted by atomic mass is 10.0. The number of nitrogen functional groups attached to an aromatic ring is 1. The Kier molecular flexibility index (Phi) is 9.37. The number of benzene rings is 1. The number of nitrogens with two attached hydrogens (primary N) is 1. The molecular weight excluding hydrogens is 586 g/mol. The lowest BCUT2D eigenvalue weighted by Crippen LogP contribution is -2.05. The number of fused-ring (bicyclic) bond motifs is 1. The number of anilines is 3. The number of aryl methyl sites for hydroxylation is 1. The maximum atomic E-state index is 15.0. The SMILES string of the molecule is Cc1ccnc(-c2nc3cc(F)cc(F)c3c(Nc3cncc(C4=CCOCC4)c3)c2C)c1.Nc1cncc(C2=CCOCC2)c1. The van der Waals surface area contributed by atoms with Crippen molar-refractivity contribution in [3.63, 3.8) is 0 Å². The topological polar surface area (TPSA) is 108 Å². The molecule has 0 aliphatic carbocycles. The van der Waals surface area contributed by atoms with Gasteiger partial charge in [0.25, 0.3) is 0 Å². The lowest BCUT2D eigenvalue weighted by molar-refractivity contribution is 0.161. The summed E-state index contributed by atoms with van der Waals surface area (Å²) in [4.78, 5) is 17.4. The van der Waals surface area contributed by atoms with Gasteiger partial charge in [-0.2, -0.15) is 0 Å². The molecule has 8 nitrogen and oxygen atoms in total. The molecular formula is C36H34F2N6O2. The summed E-state index contributed by atoms with van der Waals surface area (Å²) in [6, 6.07) is 9.83. The van der Waals surface area contributed by atoms with Crippen LogP contribution in [0.25, 0.3) is 33.4 Å². The summed E-state index contributed by atoms with van der Waals surface area (Å²) < 4.78 is 39.7. The number of ether oxygens (including phenoxy) is 2. The van der Waals surface area contributed by atoms with Crippen molar-refractivity contribution in [1.82, 2.24) is 19.9 Å². The van der Waals surface area contributed by atoms with Crippen molar-refractivity contribution in [3.8, 4) is 11.4 Å². The highest BCUT2D eigenvalue weighted by Crippen LogP contribution is 2.37. The minimum Gasteiger partial charge on any atom is -0.397 e. The third-order valence-electron chi connectivity index (χ3n) is 7.84. The van der Waals surface area contributed by atoms with Gasteiger partial charge < -0.3 is 20.5 Å². The molecule has 0 unspecified atom stereocenters. The van der Waals surface area contributed by atoms with Crippen LogP contribution in [0.1, 0.15) is 35.1 Å². The summed E-state index contributed by atoms with van der Waals surface area (Å²) in [6.07, 6.45) is 14.6. The molecule has 0 fully saturated rings. The number of halogens is 2. The molecule has 0 amide bonds. The zero-order valence-electron chi connectivity index (χ0n) is 25.7. The standard InChI is InChI=1S/C26H22F2N4O.C10H12N2O/c1-15-3-6-30-23(9-15)25-16(2)26(24-21(28)11-19(27)12-22(24)32-25)31-20-10-18(13-29-14-20)17-4-7-33-8-5-17;11-10-5-9(6-12-7-10)8-1-3-13-4-2-8/h3-4,6,9-14H,5,7-8H2,1-2H3,(H,31,32);1,5-7H,2-4,11H2. The molecule has 0 saturated carbocycles. The first-order chi connectivity index (χ1) is 22.4. The number of pyridine rings is 4. The number of hydrogen-bond acceptors (Lipinski definition) is 8. The molecule has 2 aliphatic rings. The smallest absolute Gasteiger partial charge is 0.137 e. The van der Waals surface area contributed by atoms with Crippen molar-refractivity contribution in [2.24, 2.45) is 0 Å². The van der Waals surface area contributed by atoms with Crippen LogP contribution in [-0.2, 0) is 9.47 Å². The Bertz CT molecular complexity index is 1960. The van der Waals surface area contributed by atoms with Gasteiger partial charge in [-0.15, -0.1) is 0 Å². The largest absolute Gasteiger partial charge is 0.397 e. The van der Waals surface area contributed by atoms with E-state index in [1.165, 1.54) is 11.6 Å². The van der Waals surface area contributed by atoms with Crippen LogP contribution in [0.5, 0.6) is 0 Å². The molecule has 1 aromatic carbocycles. The van der Waals surface area contributed by atoms with E-state index in [4.69, 9.17) is 15.2 Å². The molecule has 0 bridgehead atoms. The average molecular weight is 621 g/mol. The molecule has 3 N–H and O–H groups in total. The second-order valence-electron chi connectivity index (χ2n) is 11.2.